The van der Waals surface area contributed by atoms with Crippen LogP contribution in [0.5, 0.6) is 0 Å². The second-order valence-corrected chi connectivity index (χ2v) is 7.99. The molecule has 130 valence electrons. The molecule has 0 radical (unpaired) electrons. The Bertz CT molecular complexity index is 698. The van der Waals surface area contributed by atoms with Crippen LogP contribution in [0.25, 0.3) is 0 Å². The third-order valence-corrected chi connectivity index (χ3v) is 5.53. The molecule has 0 aromatic carbocycles. The number of ether oxygens (including phenoxy) is 1. The lowest BCUT2D eigenvalue weighted by molar-refractivity contribution is -0.140. The van der Waals surface area contributed by atoms with Crippen LogP contribution in [-0.4, -0.2) is 72.9 Å². The van der Waals surface area contributed by atoms with E-state index in [1.165, 1.54) is 7.05 Å². The topological polar surface area (TPSA) is 84.7 Å². The first-order chi connectivity index (χ1) is 10.6. The van der Waals surface area contributed by atoms with Gasteiger partial charge in [-0.2, -0.15) is 9.40 Å². The Morgan fingerprint density at radius 2 is 2.09 bits per heavy atom. The van der Waals surface area contributed by atoms with Gasteiger partial charge >= 0.3 is 0 Å². The maximum absolute atomic E-state index is 12.6. The predicted octanol–water partition coefficient (Wildman–Crippen LogP) is -0.172. The first-order valence-corrected chi connectivity index (χ1v) is 9.26. The summed E-state index contributed by atoms with van der Waals surface area (Å²) in [4.78, 5) is 14.3. The Balaban J connectivity index is 2.27. The smallest absolute Gasteiger partial charge is 0.238 e. The molecule has 0 bridgehead atoms. The highest BCUT2D eigenvalue weighted by atomic mass is 32.2. The molecular formula is C14H24N4O4S. The van der Waals surface area contributed by atoms with E-state index in [1.807, 2.05) is 20.9 Å². The summed E-state index contributed by atoms with van der Waals surface area (Å²) in [5.74, 6) is -0.228. The Labute approximate surface area is 137 Å². The average Bonchev–Trinajstić information content (AvgIpc) is 2.71. The van der Waals surface area contributed by atoms with Crippen molar-refractivity contribution in [2.45, 2.75) is 19.9 Å². The Morgan fingerprint density at radius 3 is 2.61 bits per heavy atom. The predicted molar refractivity (Wildman–Crippen MR) is 85.4 cm³/mol. The van der Waals surface area contributed by atoms with Crippen molar-refractivity contribution in [3.05, 3.63) is 17.0 Å². The van der Waals surface area contributed by atoms with E-state index < -0.39 is 10.0 Å². The first-order valence-electron chi connectivity index (χ1n) is 7.41. The largest absolute Gasteiger partial charge is 0.377 e. The molecule has 1 atom stereocenters. The fraction of sp³-hybridized carbons (Fsp3) is 0.714. The molecule has 2 rings (SSSR count). The zero-order chi connectivity index (χ0) is 17.4. The number of hydrogen-bond acceptors (Lipinski definition) is 5. The maximum Gasteiger partial charge on any atom is 0.238 e. The second kappa shape index (κ2) is 6.58. The van der Waals surface area contributed by atoms with E-state index in [0.29, 0.717) is 19.8 Å². The Hall–Kier alpha value is -1.45. The summed E-state index contributed by atoms with van der Waals surface area (Å²) in [6.45, 7) is 4.96. The van der Waals surface area contributed by atoms with Crippen LogP contribution in [0.1, 0.15) is 23.0 Å². The quantitative estimate of drug-likeness (QED) is 0.757. The summed E-state index contributed by atoms with van der Waals surface area (Å²) < 4.78 is 31.4. The zero-order valence-corrected chi connectivity index (χ0v) is 15.1. The lowest BCUT2D eigenvalue weighted by Gasteiger charge is -2.36. The molecule has 1 fully saturated rings. The van der Waals surface area contributed by atoms with Gasteiger partial charge in [0.1, 0.15) is 0 Å². The lowest BCUT2D eigenvalue weighted by Crippen LogP contribution is -2.48. The van der Waals surface area contributed by atoms with Crippen molar-refractivity contribution in [3.63, 3.8) is 0 Å². The molecule has 0 aliphatic carbocycles. The normalized spacial score (nSPS) is 19.4. The minimum atomic E-state index is -3.39. The summed E-state index contributed by atoms with van der Waals surface area (Å²) >= 11 is 0. The summed E-state index contributed by atoms with van der Waals surface area (Å²) in [5, 5.41) is 4.40. The van der Waals surface area contributed by atoms with Crippen molar-refractivity contribution >= 4 is 15.9 Å². The summed E-state index contributed by atoms with van der Waals surface area (Å²) in [6.07, 6.45) is 1.09. The average molecular weight is 344 g/mol. The zero-order valence-electron chi connectivity index (χ0n) is 14.2. The van der Waals surface area contributed by atoms with Gasteiger partial charge in [0, 0.05) is 31.9 Å². The molecule has 2 heterocycles. The van der Waals surface area contributed by atoms with Crippen molar-refractivity contribution in [1.82, 2.24) is 19.0 Å². The number of amides is 1. The van der Waals surface area contributed by atoms with Crippen molar-refractivity contribution in [1.29, 1.82) is 0 Å². The van der Waals surface area contributed by atoms with Crippen LogP contribution in [0, 0.1) is 13.8 Å². The Kier molecular flexibility index (Phi) is 5.12. The fourth-order valence-corrected chi connectivity index (χ4v) is 3.16. The SMILES string of the molecule is Cc1nn(C)c(C)c1C1COCCN1C(=O)CN(C)S(C)(=O)=O. The van der Waals surface area contributed by atoms with Crippen LogP contribution in [0.3, 0.4) is 0 Å². The highest BCUT2D eigenvalue weighted by Crippen LogP contribution is 2.29. The van der Waals surface area contributed by atoms with Crippen molar-refractivity contribution in [2.75, 3.05) is 39.6 Å². The standard InChI is InChI=1S/C14H24N4O4S/c1-10-14(11(2)17(4)15-10)12-9-22-7-6-18(12)13(19)8-16(3)23(5,20)21/h12H,6-9H2,1-5H3. The van der Waals surface area contributed by atoms with E-state index in [4.69, 9.17) is 4.74 Å². The fourth-order valence-electron chi connectivity index (χ4n) is 2.81. The number of likely N-dealkylation sites (N-methyl/N-ethyl adjacent to an activating group) is 1. The van der Waals surface area contributed by atoms with Gasteiger partial charge in [-0.15, -0.1) is 0 Å². The monoisotopic (exact) mass is 344 g/mol. The summed E-state index contributed by atoms with van der Waals surface area (Å²) in [7, 11) is -0.127. The number of carbonyl (C=O) groups excluding carboxylic acids is 1. The number of carbonyl (C=O) groups is 1. The highest BCUT2D eigenvalue weighted by Gasteiger charge is 2.33. The number of morpholine rings is 1. The molecule has 0 spiro atoms. The van der Waals surface area contributed by atoms with E-state index in [-0.39, 0.29) is 18.5 Å². The Morgan fingerprint density at radius 1 is 1.43 bits per heavy atom. The molecular weight excluding hydrogens is 320 g/mol. The number of hydrogen-bond donors (Lipinski definition) is 0. The summed E-state index contributed by atoms with van der Waals surface area (Å²) in [6, 6.07) is -0.238. The van der Waals surface area contributed by atoms with Crippen LogP contribution in [0.4, 0.5) is 0 Å². The molecule has 1 aromatic rings. The van der Waals surface area contributed by atoms with E-state index in [0.717, 1.165) is 27.5 Å². The molecule has 8 nitrogen and oxygen atoms in total. The number of aryl methyl sites for hydroxylation is 2. The van der Waals surface area contributed by atoms with Gasteiger partial charge in [-0.25, -0.2) is 8.42 Å². The van der Waals surface area contributed by atoms with Gasteiger partial charge < -0.3 is 9.64 Å². The maximum atomic E-state index is 12.6. The lowest BCUT2D eigenvalue weighted by atomic mass is 10.0. The number of aromatic nitrogens is 2. The molecule has 1 saturated heterocycles. The minimum absolute atomic E-state index is 0.173. The molecule has 1 aliphatic rings. The van der Waals surface area contributed by atoms with Crippen LogP contribution in [0.2, 0.25) is 0 Å². The van der Waals surface area contributed by atoms with Gasteiger partial charge in [-0.3, -0.25) is 9.48 Å². The van der Waals surface area contributed by atoms with Crippen molar-refractivity contribution in [3.8, 4) is 0 Å². The van der Waals surface area contributed by atoms with Crippen LogP contribution < -0.4 is 0 Å². The number of sulfonamides is 1. The van der Waals surface area contributed by atoms with Gasteiger partial charge in [-0.1, -0.05) is 0 Å². The van der Waals surface area contributed by atoms with Crippen molar-refractivity contribution < 1.29 is 17.9 Å². The molecule has 1 aliphatic heterocycles. The van der Waals surface area contributed by atoms with Crippen molar-refractivity contribution in [2.24, 2.45) is 7.05 Å². The third kappa shape index (κ3) is 3.73. The summed E-state index contributed by atoms with van der Waals surface area (Å²) in [5.41, 5.74) is 2.81. The minimum Gasteiger partial charge on any atom is -0.377 e. The molecule has 0 N–H and O–H groups in total. The molecule has 23 heavy (non-hydrogen) atoms. The third-order valence-electron chi connectivity index (χ3n) is 4.27. The second-order valence-electron chi connectivity index (χ2n) is 5.90. The van der Waals surface area contributed by atoms with Gasteiger partial charge in [0.25, 0.3) is 0 Å². The van der Waals surface area contributed by atoms with Gasteiger partial charge in [0.2, 0.25) is 15.9 Å². The number of rotatable bonds is 4. The highest BCUT2D eigenvalue weighted by molar-refractivity contribution is 7.88. The molecule has 1 aromatic heterocycles. The van der Waals surface area contributed by atoms with Gasteiger partial charge in [0.05, 0.1) is 37.8 Å². The van der Waals surface area contributed by atoms with Gasteiger partial charge in [0.15, 0.2) is 0 Å². The van der Waals surface area contributed by atoms with Gasteiger partial charge in [-0.05, 0) is 13.8 Å². The van der Waals surface area contributed by atoms with Crippen LogP contribution in [0.15, 0.2) is 0 Å². The first kappa shape index (κ1) is 17.9. The molecule has 9 heteroatoms. The van der Waals surface area contributed by atoms with Crippen LogP contribution >= 0.6 is 0 Å². The van der Waals surface area contributed by atoms with E-state index in [2.05, 4.69) is 5.10 Å². The van der Waals surface area contributed by atoms with E-state index in [9.17, 15) is 13.2 Å². The van der Waals surface area contributed by atoms with Crippen LogP contribution in [-0.2, 0) is 26.6 Å². The molecule has 0 saturated carbocycles. The number of nitrogens with zero attached hydrogens (tertiary/aromatic N) is 4. The van der Waals surface area contributed by atoms with E-state index in [1.54, 1.807) is 9.58 Å². The molecule has 1 unspecified atom stereocenters. The molecule has 1 amide bonds. The van der Waals surface area contributed by atoms with E-state index >= 15 is 0 Å².